The third-order valence-corrected chi connectivity index (χ3v) is 5.70. The van der Waals surface area contributed by atoms with E-state index in [4.69, 9.17) is 5.73 Å². The maximum absolute atomic E-state index is 13.1. The lowest BCUT2D eigenvalue weighted by molar-refractivity contribution is -0.126. The Morgan fingerprint density at radius 1 is 1.14 bits per heavy atom. The maximum Gasteiger partial charge on any atom is 0.243 e. The van der Waals surface area contributed by atoms with Crippen LogP contribution in [0.5, 0.6) is 0 Å². The van der Waals surface area contributed by atoms with E-state index in [0.717, 1.165) is 25.7 Å². The van der Waals surface area contributed by atoms with Crippen LogP contribution in [-0.4, -0.2) is 28.2 Å². The van der Waals surface area contributed by atoms with Gasteiger partial charge in [-0.05, 0) is 58.8 Å². The quantitative estimate of drug-likeness (QED) is 0.479. The van der Waals surface area contributed by atoms with Crippen LogP contribution in [0.25, 0.3) is 0 Å². The number of rotatable bonds is 9. The highest BCUT2D eigenvalue weighted by molar-refractivity contribution is 5.83. The molecule has 0 radical (unpaired) electrons. The van der Waals surface area contributed by atoms with E-state index < -0.39 is 5.60 Å². The minimum absolute atomic E-state index is 0.00457. The zero-order valence-electron chi connectivity index (χ0n) is 18.9. The summed E-state index contributed by atoms with van der Waals surface area (Å²) in [5, 5.41) is 17.5. The fourth-order valence-corrected chi connectivity index (χ4v) is 4.02. The normalized spacial score (nSPS) is 20.1. The predicted molar refractivity (Wildman–Crippen MR) is 117 cm³/mol. The van der Waals surface area contributed by atoms with Crippen molar-refractivity contribution in [3.05, 3.63) is 24.6 Å². The second kappa shape index (κ2) is 9.82. The fourth-order valence-electron chi connectivity index (χ4n) is 4.02. The van der Waals surface area contributed by atoms with E-state index in [0.29, 0.717) is 18.0 Å². The molecule has 5 nitrogen and oxygen atoms in total. The molecule has 5 heteroatoms. The first-order chi connectivity index (χ1) is 12.8. The predicted octanol–water partition coefficient (Wildman–Crippen LogP) is 3.84. The number of nitrogens with one attached hydrogen (secondary N) is 2. The number of aliphatic hydroxyl groups is 1. The Bertz CT molecular complexity index is 555. The van der Waals surface area contributed by atoms with Crippen molar-refractivity contribution in [2.75, 3.05) is 0 Å². The lowest BCUT2D eigenvalue weighted by atomic mass is 9.78. The Balaban J connectivity index is 3.10. The summed E-state index contributed by atoms with van der Waals surface area (Å²) in [5.74, 6) is 0.276. The average molecular weight is 394 g/mol. The van der Waals surface area contributed by atoms with Gasteiger partial charge in [-0.3, -0.25) is 4.79 Å². The summed E-state index contributed by atoms with van der Waals surface area (Å²) in [7, 11) is 0. The first-order valence-electron chi connectivity index (χ1n) is 10.7. The van der Waals surface area contributed by atoms with Gasteiger partial charge in [-0.15, -0.1) is 0 Å². The van der Waals surface area contributed by atoms with Gasteiger partial charge in [-0.25, -0.2) is 0 Å². The molecule has 1 saturated carbocycles. The van der Waals surface area contributed by atoms with Gasteiger partial charge in [-0.1, -0.05) is 46.3 Å². The van der Waals surface area contributed by atoms with Crippen LogP contribution in [0.2, 0.25) is 0 Å². The molecule has 0 heterocycles. The molecule has 28 heavy (non-hydrogen) atoms. The molecule has 1 amide bonds. The van der Waals surface area contributed by atoms with Crippen molar-refractivity contribution in [3.8, 4) is 0 Å². The van der Waals surface area contributed by atoms with E-state index in [1.165, 1.54) is 6.42 Å². The smallest absolute Gasteiger partial charge is 0.243 e. The molecule has 1 rings (SSSR count). The van der Waals surface area contributed by atoms with Crippen molar-refractivity contribution in [2.45, 2.75) is 97.2 Å². The van der Waals surface area contributed by atoms with E-state index in [9.17, 15) is 9.90 Å². The minimum Gasteiger partial charge on any atom is -0.400 e. The third kappa shape index (κ3) is 7.16. The molecule has 0 saturated heterocycles. The molecule has 1 aliphatic rings. The van der Waals surface area contributed by atoms with E-state index in [1.54, 1.807) is 6.92 Å². The van der Waals surface area contributed by atoms with Gasteiger partial charge < -0.3 is 21.5 Å². The van der Waals surface area contributed by atoms with Crippen molar-refractivity contribution in [3.63, 3.8) is 0 Å². The Morgan fingerprint density at radius 2 is 1.68 bits per heavy atom. The van der Waals surface area contributed by atoms with Gasteiger partial charge >= 0.3 is 0 Å². The number of hydrogen-bond acceptors (Lipinski definition) is 4. The summed E-state index contributed by atoms with van der Waals surface area (Å²) < 4.78 is 0. The lowest BCUT2D eigenvalue weighted by Gasteiger charge is -2.39. The van der Waals surface area contributed by atoms with Crippen LogP contribution in [0.3, 0.4) is 0 Å². The summed E-state index contributed by atoms with van der Waals surface area (Å²) in [5.41, 5.74) is 5.19. The van der Waals surface area contributed by atoms with Crippen molar-refractivity contribution in [2.24, 2.45) is 23.5 Å². The van der Waals surface area contributed by atoms with Gasteiger partial charge in [0.25, 0.3) is 0 Å². The average Bonchev–Trinajstić information content (AvgIpc) is 2.56. The number of carbonyl (C=O) groups excluding carboxylic acids is 1. The molecule has 0 aromatic carbocycles. The van der Waals surface area contributed by atoms with Crippen molar-refractivity contribution < 1.29 is 9.90 Å². The van der Waals surface area contributed by atoms with Gasteiger partial charge in [0.1, 0.15) is 11.6 Å². The highest BCUT2D eigenvalue weighted by Gasteiger charge is 2.39. The zero-order chi connectivity index (χ0) is 21.7. The van der Waals surface area contributed by atoms with Gasteiger partial charge in [0.2, 0.25) is 5.91 Å². The van der Waals surface area contributed by atoms with Crippen molar-refractivity contribution in [1.82, 2.24) is 10.6 Å². The summed E-state index contributed by atoms with van der Waals surface area (Å²) in [6.07, 6.45) is 6.26. The summed E-state index contributed by atoms with van der Waals surface area (Å²) in [6.45, 7) is 19.8. The Labute approximate surface area is 172 Å². The molecular weight excluding hydrogens is 350 g/mol. The van der Waals surface area contributed by atoms with Crippen LogP contribution in [0, 0.1) is 17.8 Å². The molecule has 0 spiro atoms. The van der Waals surface area contributed by atoms with Crippen LogP contribution in [0.4, 0.5) is 0 Å². The molecule has 2 unspecified atom stereocenters. The van der Waals surface area contributed by atoms with E-state index in [1.807, 2.05) is 20.8 Å². The Hall–Kier alpha value is -1.49. The Morgan fingerprint density at radius 3 is 2.11 bits per heavy atom. The summed E-state index contributed by atoms with van der Waals surface area (Å²) >= 11 is 0. The van der Waals surface area contributed by atoms with Gasteiger partial charge in [0.15, 0.2) is 0 Å². The molecule has 3 atom stereocenters. The summed E-state index contributed by atoms with van der Waals surface area (Å²) in [4.78, 5) is 13.1. The fraction of sp³-hybridized carbons (Fsp3) is 0.783. The largest absolute Gasteiger partial charge is 0.400 e. The highest BCUT2D eigenvalue weighted by atomic mass is 16.3. The summed E-state index contributed by atoms with van der Waals surface area (Å²) in [6, 6.07) is -0.358. The highest BCUT2D eigenvalue weighted by Crippen LogP contribution is 2.34. The molecule has 0 aromatic heterocycles. The molecule has 1 aliphatic carbocycles. The molecule has 0 bridgehead atoms. The van der Waals surface area contributed by atoms with Gasteiger partial charge in [0, 0.05) is 22.9 Å². The van der Waals surface area contributed by atoms with Crippen molar-refractivity contribution >= 4 is 5.91 Å². The number of carbonyl (C=O) groups is 1. The molecule has 162 valence electrons. The second-order valence-corrected chi connectivity index (χ2v) is 10.1. The standard InChI is InChI=1S/C23H43N3O2/c1-15(2)14-19(23(8,28)17(4)24)16(3)25-20(18-12-10-9-11-13-18)21(27)26-22(5,6)7/h15,18-20,25,28H,3-4,9-14,24H2,1-2,5-8H3,(H,26,27)/t19?,20-,23?/m0/s1. The van der Waals surface area contributed by atoms with E-state index in [2.05, 4.69) is 37.6 Å². The van der Waals surface area contributed by atoms with Crippen LogP contribution in [-0.2, 0) is 4.79 Å². The number of hydrogen-bond donors (Lipinski definition) is 4. The third-order valence-electron chi connectivity index (χ3n) is 5.70. The molecule has 0 aliphatic heterocycles. The molecule has 5 N–H and O–H groups in total. The van der Waals surface area contributed by atoms with Crippen molar-refractivity contribution in [1.29, 1.82) is 0 Å². The molecule has 1 fully saturated rings. The molecular formula is C23H43N3O2. The number of amides is 1. The van der Waals surface area contributed by atoms with Crippen LogP contribution in [0.1, 0.15) is 80.1 Å². The zero-order valence-corrected chi connectivity index (χ0v) is 18.9. The number of nitrogens with two attached hydrogens (primary N) is 1. The first-order valence-corrected chi connectivity index (χ1v) is 10.7. The Kier molecular flexibility index (Phi) is 8.61. The molecule has 0 aromatic rings. The second-order valence-electron chi connectivity index (χ2n) is 10.1. The van der Waals surface area contributed by atoms with E-state index in [-0.39, 0.29) is 35.0 Å². The minimum atomic E-state index is -1.29. The topological polar surface area (TPSA) is 87.4 Å². The SMILES string of the molecule is C=C(N[C@H](C(=O)NC(C)(C)C)C1CCCCC1)C(CC(C)C)C(C)(O)C(=C)N. The monoisotopic (exact) mass is 393 g/mol. The lowest BCUT2D eigenvalue weighted by Crippen LogP contribution is -2.55. The van der Waals surface area contributed by atoms with Crippen LogP contribution >= 0.6 is 0 Å². The van der Waals surface area contributed by atoms with E-state index >= 15 is 0 Å². The van der Waals surface area contributed by atoms with Crippen LogP contribution < -0.4 is 16.4 Å². The van der Waals surface area contributed by atoms with Gasteiger partial charge in [-0.2, -0.15) is 0 Å². The first kappa shape index (κ1) is 24.5. The van der Waals surface area contributed by atoms with Gasteiger partial charge in [0.05, 0.1) is 0 Å². The maximum atomic E-state index is 13.1. The van der Waals surface area contributed by atoms with Crippen LogP contribution in [0.15, 0.2) is 24.6 Å².